The summed E-state index contributed by atoms with van der Waals surface area (Å²) in [6.45, 7) is 3.29. The van der Waals surface area contributed by atoms with Crippen molar-refractivity contribution < 1.29 is 9.59 Å². The Labute approximate surface area is 100 Å². The van der Waals surface area contributed by atoms with Crippen LogP contribution in [0.5, 0.6) is 0 Å². The number of carbonyl (C=O) groups is 2. The van der Waals surface area contributed by atoms with Crippen LogP contribution >= 0.6 is 0 Å². The molecule has 0 saturated heterocycles. The van der Waals surface area contributed by atoms with Crippen LogP contribution in [0.3, 0.4) is 0 Å². The Morgan fingerprint density at radius 1 is 1.24 bits per heavy atom. The highest BCUT2D eigenvalue weighted by molar-refractivity contribution is 5.93. The van der Waals surface area contributed by atoms with Gasteiger partial charge in [0.1, 0.15) is 0 Å². The largest absolute Gasteiger partial charge is 0.368 e. The van der Waals surface area contributed by atoms with E-state index in [0.717, 1.165) is 5.69 Å². The second kappa shape index (κ2) is 5.45. The van der Waals surface area contributed by atoms with E-state index in [9.17, 15) is 9.59 Å². The molecule has 17 heavy (non-hydrogen) atoms. The van der Waals surface area contributed by atoms with Crippen LogP contribution in [-0.4, -0.2) is 23.9 Å². The van der Waals surface area contributed by atoms with Crippen LogP contribution < -0.4 is 16.4 Å². The molecule has 0 aliphatic carbocycles. The number of hydrogen-bond donors (Lipinski definition) is 3. The standard InChI is InChI=1S/C12H17N3O2/c1-12(2,11(13)17)14-8-10(16)15-9-6-4-3-5-7-9/h3-7,14H,8H2,1-2H3,(H2,13,17)(H,15,16). The molecule has 4 N–H and O–H groups in total. The van der Waals surface area contributed by atoms with E-state index in [1.54, 1.807) is 26.0 Å². The molecule has 0 atom stereocenters. The zero-order valence-corrected chi connectivity index (χ0v) is 9.99. The Bertz CT molecular complexity index is 401. The molecule has 5 nitrogen and oxygen atoms in total. The lowest BCUT2D eigenvalue weighted by atomic mass is 10.1. The van der Waals surface area contributed by atoms with E-state index in [4.69, 9.17) is 5.73 Å². The molecule has 1 aromatic carbocycles. The van der Waals surface area contributed by atoms with Gasteiger partial charge in [-0.05, 0) is 26.0 Å². The Hall–Kier alpha value is -1.88. The highest BCUT2D eigenvalue weighted by Gasteiger charge is 2.24. The fourth-order valence-electron chi connectivity index (χ4n) is 1.12. The van der Waals surface area contributed by atoms with Crippen LogP contribution in [-0.2, 0) is 9.59 Å². The van der Waals surface area contributed by atoms with Crippen molar-refractivity contribution >= 4 is 17.5 Å². The van der Waals surface area contributed by atoms with Gasteiger partial charge in [-0.15, -0.1) is 0 Å². The summed E-state index contributed by atoms with van der Waals surface area (Å²) in [7, 11) is 0. The van der Waals surface area contributed by atoms with Crippen molar-refractivity contribution in [3.63, 3.8) is 0 Å². The lowest BCUT2D eigenvalue weighted by molar-refractivity contribution is -0.123. The summed E-state index contributed by atoms with van der Waals surface area (Å²) in [6.07, 6.45) is 0. The minimum atomic E-state index is -0.895. The van der Waals surface area contributed by atoms with Crippen LogP contribution in [0.4, 0.5) is 5.69 Å². The maximum absolute atomic E-state index is 11.6. The molecule has 5 heteroatoms. The maximum atomic E-state index is 11.6. The highest BCUT2D eigenvalue weighted by Crippen LogP contribution is 2.05. The topological polar surface area (TPSA) is 84.2 Å². The van der Waals surface area contributed by atoms with Crippen LogP contribution in [0.2, 0.25) is 0 Å². The predicted octanol–water partition coefficient (Wildman–Crippen LogP) is 0.479. The predicted molar refractivity (Wildman–Crippen MR) is 66.3 cm³/mol. The molecular formula is C12H17N3O2. The molecule has 0 bridgehead atoms. The molecule has 2 amide bonds. The molecule has 0 fully saturated rings. The zero-order chi connectivity index (χ0) is 12.9. The van der Waals surface area contributed by atoms with E-state index in [1.165, 1.54) is 0 Å². The number of para-hydroxylation sites is 1. The van der Waals surface area contributed by atoms with Gasteiger partial charge in [0.2, 0.25) is 11.8 Å². The van der Waals surface area contributed by atoms with Crippen molar-refractivity contribution in [3.8, 4) is 0 Å². The number of hydrogen-bond acceptors (Lipinski definition) is 3. The van der Waals surface area contributed by atoms with Gasteiger partial charge in [0, 0.05) is 5.69 Å². The number of primary amides is 1. The van der Waals surface area contributed by atoms with Gasteiger partial charge >= 0.3 is 0 Å². The summed E-state index contributed by atoms with van der Waals surface area (Å²) in [4.78, 5) is 22.6. The van der Waals surface area contributed by atoms with E-state index < -0.39 is 11.4 Å². The van der Waals surface area contributed by atoms with E-state index in [1.807, 2.05) is 18.2 Å². The first-order chi connectivity index (χ1) is 7.92. The molecule has 0 spiro atoms. The summed E-state index contributed by atoms with van der Waals surface area (Å²) >= 11 is 0. The first kappa shape index (κ1) is 13.2. The number of carbonyl (C=O) groups excluding carboxylic acids is 2. The second-order valence-corrected chi connectivity index (χ2v) is 4.26. The monoisotopic (exact) mass is 235 g/mol. The van der Waals surface area contributed by atoms with E-state index in [-0.39, 0.29) is 12.5 Å². The Morgan fingerprint density at radius 2 is 1.82 bits per heavy atom. The first-order valence-electron chi connectivity index (χ1n) is 5.31. The number of benzene rings is 1. The van der Waals surface area contributed by atoms with Gasteiger partial charge in [0.15, 0.2) is 0 Å². The molecule has 0 aromatic heterocycles. The second-order valence-electron chi connectivity index (χ2n) is 4.26. The summed E-state index contributed by atoms with van der Waals surface area (Å²) < 4.78 is 0. The fraction of sp³-hybridized carbons (Fsp3) is 0.333. The molecule has 1 rings (SSSR count). The minimum absolute atomic E-state index is 0.0326. The van der Waals surface area contributed by atoms with Crippen molar-refractivity contribution in [2.45, 2.75) is 19.4 Å². The summed E-state index contributed by atoms with van der Waals surface area (Å²) in [6, 6.07) is 9.10. The van der Waals surface area contributed by atoms with Crippen molar-refractivity contribution in [3.05, 3.63) is 30.3 Å². The molecule has 92 valence electrons. The highest BCUT2D eigenvalue weighted by atomic mass is 16.2. The summed E-state index contributed by atoms with van der Waals surface area (Å²) in [5, 5.41) is 5.49. The van der Waals surface area contributed by atoms with Gasteiger partial charge in [-0.2, -0.15) is 0 Å². The van der Waals surface area contributed by atoms with Crippen molar-refractivity contribution in [2.24, 2.45) is 5.73 Å². The van der Waals surface area contributed by atoms with E-state index >= 15 is 0 Å². The van der Waals surface area contributed by atoms with Crippen LogP contribution in [0.25, 0.3) is 0 Å². The quantitative estimate of drug-likeness (QED) is 0.694. The molecule has 0 aliphatic rings. The zero-order valence-electron chi connectivity index (χ0n) is 9.99. The van der Waals surface area contributed by atoms with E-state index in [0.29, 0.717) is 0 Å². The smallest absolute Gasteiger partial charge is 0.238 e. The van der Waals surface area contributed by atoms with Gasteiger partial charge in [-0.25, -0.2) is 0 Å². The Morgan fingerprint density at radius 3 is 2.35 bits per heavy atom. The van der Waals surface area contributed by atoms with Gasteiger partial charge in [-0.3, -0.25) is 14.9 Å². The van der Waals surface area contributed by atoms with Gasteiger partial charge in [0.25, 0.3) is 0 Å². The molecule has 1 aromatic rings. The Kier molecular flexibility index (Phi) is 4.23. The number of nitrogens with two attached hydrogens (primary N) is 1. The van der Waals surface area contributed by atoms with Crippen molar-refractivity contribution in [2.75, 3.05) is 11.9 Å². The number of anilines is 1. The summed E-state index contributed by atoms with van der Waals surface area (Å²) in [5.41, 5.74) is 5.00. The maximum Gasteiger partial charge on any atom is 0.238 e. The number of rotatable bonds is 5. The fourth-order valence-corrected chi connectivity index (χ4v) is 1.12. The molecular weight excluding hydrogens is 218 g/mol. The SMILES string of the molecule is CC(C)(NCC(=O)Nc1ccccc1)C(N)=O. The molecule has 0 radical (unpaired) electrons. The van der Waals surface area contributed by atoms with Gasteiger partial charge in [-0.1, -0.05) is 18.2 Å². The van der Waals surface area contributed by atoms with Crippen molar-refractivity contribution in [1.82, 2.24) is 5.32 Å². The number of amides is 2. The average Bonchev–Trinajstić information content (AvgIpc) is 2.28. The lowest BCUT2D eigenvalue weighted by Crippen LogP contribution is -2.52. The van der Waals surface area contributed by atoms with E-state index in [2.05, 4.69) is 10.6 Å². The van der Waals surface area contributed by atoms with Gasteiger partial charge < -0.3 is 11.1 Å². The molecule has 0 heterocycles. The van der Waals surface area contributed by atoms with Crippen LogP contribution in [0.1, 0.15) is 13.8 Å². The third kappa shape index (κ3) is 4.24. The van der Waals surface area contributed by atoms with Gasteiger partial charge in [0.05, 0.1) is 12.1 Å². The third-order valence-electron chi connectivity index (χ3n) is 2.36. The minimum Gasteiger partial charge on any atom is -0.368 e. The van der Waals surface area contributed by atoms with Crippen molar-refractivity contribution in [1.29, 1.82) is 0 Å². The first-order valence-corrected chi connectivity index (χ1v) is 5.31. The lowest BCUT2D eigenvalue weighted by Gasteiger charge is -2.21. The average molecular weight is 235 g/mol. The summed E-state index contributed by atoms with van der Waals surface area (Å²) in [5.74, 6) is -0.712. The van der Waals surface area contributed by atoms with Crippen LogP contribution in [0.15, 0.2) is 30.3 Å². The Balaban J connectivity index is 2.44. The third-order valence-corrected chi connectivity index (χ3v) is 2.36. The molecule has 0 saturated carbocycles. The normalized spacial score (nSPS) is 10.9. The van der Waals surface area contributed by atoms with Crippen LogP contribution in [0, 0.1) is 0 Å². The molecule has 0 aliphatic heterocycles. The number of nitrogens with one attached hydrogen (secondary N) is 2. The molecule has 0 unspecified atom stereocenters.